The first-order chi connectivity index (χ1) is 14.5. The summed E-state index contributed by atoms with van der Waals surface area (Å²) >= 11 is 0. The second kappa shape index (κ2) is 5.76. The van der Waals surface area contributed by atoms with Crippen molar-refractivity contribution in [2.45, 2.75) is 19.3 Å². The summed E-state index contributed by atoms with van der Waals surface area (Å²) in [5.41, 5.74) is 8.21. The first-order valence-corrected chi connectivity index (χ1v) is 10.3. The third kappa shape index (κ3) is 2.14. The van der Waals surface area contributed by atoms with Gasteiger partial charge in [-0.1, -0.05) is 55.7 Å². The molecule has 2 heterocycles. The predicted molar refractivity (Wildman–Crippen MR) is 126 cm³/mol. The molecule has 0 unspecified atom stereocenters. The molecule has 0 saturated carbocycles. The number of phenols is 1. The Kier molecular flexibility index (Phi) is 3.33. The van der Waals surface area contributed by atoms with Gasteiger partial charge in [-0.15, -0.1) is 0 Å². The highest BCUT2D eigenvalue weighted by Gasteiger charge is 2.38. The minimum Gasteiger partial charge on any atom is -0.508 e. The van der Waals surface area contributed by atoms with Gasteiger partial charge in [0.25, 0.3) is 0 Å². The van der Waals surface area contributed by atoms with Crippen molar-refractivity contribution >= 4 is 35.1 Å². The molecule has 4 heteroatoms. The highest BCUT2D eigenvalue weighted by molar-refractivity contribution is 6.34. The largest absolute Gasteiger partial charge is 0.508 e. The van der Waals surface area contributed by atoms with E-state index in [1.165, 1.54) is 33.1 Å². The molecule has 0 aliphatic heterocycles. The molecule has 5 aromatic rings. The number of rotatable bonds is 1. The van der Waals surface area contributed by atoms with Crippen molar-refractivity contribution in [3.63, 3.8) is 0 Å². The Labute approximate surface area is 176 Å². The molecule has 2 aromatic heterocycles. The normalized spacial score (nSPS) is 14.2. The maximum Gasteiger partial charge on any atom is 0.142 e. The average molecular weight is 388 g/mol. The van der Waals surface area contributed by atoms with Crippen molar-refractivity contribution in [1.82, 2.24) is 9.55 Å². The van der Waals surface area contributed by atoms with E-state index in [2.05, 4.69) is 74.8 Å². The summed E-state index contributed by atoms with van der Waals surface area (Å²) in [4.78, 5) is 4.91. The molecule has 3 nitrogen and oxygen atoms in total. The maximum atomic E-state index is 10.3. The van der Waals surface area contributed by atoms with Gasteiger partial charge in [0.15, 0.2) is 0 Å². The minimum absolute atomic E-state index is 0.167. The number of fused-ring (bicyclic) bond motifs is 6. The number of hydrogen-bond donors (Lipinski definition) is 1. The zero-order chi connectivity index (χ0) is 20.6. The number of phenolic OH excluding ortho intramolecular Hbond substituents is 1. The third-order valence-electron chi connectivity index (χ3n) is 6.56. The SMILES string of the molecule is Bc1ccc2c(c1)c1ccc(O)cc1n2-c1nccc2c1C(C)(C)c1ccccc1-2. The molecule has 1 aliphatic carbocycles. The molecule has 1 aliphatic rings. The number of hydrogen-bond acceptors (Lipinski definition) is 2. The lowest BCUT2D eigenvalue weighted by Crippen LogP contribution is -2.18. The first-order valence-electron chi connectivity index (χ1n) is 10.3. The van der Waals surface area contributed by atoms with E-state index >= 15 is 0 Å². The first kappa shape index (κ1) is 17.3. The van der Waals surface area contributed by atoms with E-state index < -0.39 is 0 Å². The topological polar surface area (TPSA) is 38.0 Å². The van der Waals surface area contributed by atoms with Crippen molar-refractivity contribution < 1.29 is 5.11 Å². The van der Waals surface area contributed by atoms with Gasteiger partial charge in [0.2, 0.25) is 0 Å². The molecule has 0 spiro atoms. The second-order valence-electron chi connectivity index (χ2n) is 8.79. The van der Waals surface area contributed by atoms with Crippen LogP contribution in [0.2, 0.25) is 0 Å². The van der Waals surface area contributed by atoms with E-state index in [1.807, 2.05) is 18.3 Å². The molecule has 144 valence electrons. The minimum atomic E-state index is -0.167. The molecule has 0 bridgehead atoms. The van der Waals surface area contributed by atoms with Crippen LogP contribution in [0.25, 0.3) is 38.8 Å². The molecule has 30 heavy (non-hydrogen) atoms. The van der Waals surface area contributed by atoms with Gasteiger partial charge in [-0.2, -0.15) is 0 Å². The van der Waals surface area contributed by atoms with Crippen LogP contribution < -0.4 is 5.46 Å². The number of aromatic nitrogens is 2. The lowest BCUT2D eigenvalue weighted by Gasteiger charge is -2.24. The van der Waals surface area contributed by atoms with E-state index in [0.717, 1.165) is 22.2 Å². The maximum absolute atomic E-state index is 10.3. The summed E-state index contributed by atoms with van der Waals surface area (Å²) < 4.78 is 2.22. The van der Waals surface area contributed by atoms with Crippen molar-refractivity contribution in [3.05, 3.63) is 84.1 Å². The van der Waals surface area contributed by atoms with Gasteiger partial charge in [0, 0.05) is 34.0 Å². The molecule has 0 atom stereocenters. The molecular formula is C26H21BN2O. The van der Waals surface area contributed by atoms with E-state index in [1.54, 1.807) is 6.07 Å². The van der Waals surface area contributed by atoms with Crippen LogP contribution in [0.4, 0.5) is 0 Å². The molecule has 6 rings (SSSR count). The molecule has 3 aromatic carbocycles. The Hall–Kier alpha value is -3.53. The highest BCUT2D eigenvalue weighted by Crippen LogP contribution is 2.51. The van der Waals surface area contributed by atoms with Gasteiger partial charge in [-0.25, -0.2) is 4.98 Å². The van der Waals surface area contributed by atoms with Crippen LogP contribution in [-0.4, -0.2) is 22.5 Å². The average Bonchev–Trinajstić information content (AvgIpc) is 3.17. The summed E-state index contributed by atoms with van der Waals surface area (Å²) in [6, 6.07) is 22.9. The van der Waals surface area contributed by atoms with Crippen molar-refractivity contribution in [2.24, 2.45) is 0 Å². The van der Waals surface area contributed by atoms with Crippen molar-refractivity contribution in [3.8, 4) is 22.7 Å². The van der Waals surface area contributed by atoms with Crippen LogP contribution in [-0.2, 0) is 5.41 Å². The number of aromatic hydroxyl groups is 1. The van der Waals surface area contributed by atoms with Crippen LogP contribution in [0.3, 0.4) is 0 Å². The Bertz CT molecular complexity index is 1500. The molecular weight excluding hydrogens is 367 g/mol. The van der Waals surface area contributed by atoms with E-state index in [-0.39, 0.29) is 11.2 Å². The quantitative estimate of drug-likeness (QED) is 0.431. The summed E-state index contributed by atoms with van der Waals surface area (Å²) in [5.74, 6) is 1.20. The van der Waals surface area contributed by atoms with Crippen LogP contribution in [0.5, 0.6) is 5.75 Å². The van der Waals surface area contributed by atoms with E-state index in [0.29, 0.717) is 0 Å². The summed E-state index contributed by atoms with van der Waals surface area (Å²) in [7, 11) is 2.11. The summed E-state index contributed by atoms with van der Waals surface area (Å²) in [6.45, 7) is 4.55. The van der Waals surface area contributed by atoms with E-state index in [9.17, 15) is 5.11 Å². The lowest BCUT2D eigenvalue weighted by molar-refractivity contribution is 0.476. The zero-order valence-electron chi connectivity index (χ0n) is 17.3. The molecule has 1 N–H and O–H groups in total. The number of benzene rings is 3. The summed E-state index contributed by atoms with van der Waals surface area (Å²) in [6.07, 6.45) is 1.90. The van der Waals surface area contributed by atoms with Gasteiger partial charge >= 0.3 is 0 Å². The molecule has 0 radical (unpaired) electrons. The van der Waals surface area contributed by atoms with Gasteiger partial charge in [-0.3, -0.25) is 4.57 Å². The molecule has 0 saturated heterocycles. The number of pyridine rings is 1. The summed E-state index contributed by atoms with van der Waals surface area (Å²) in [5, 5.41) is 12.6. The van der Waals surface area contributed by atoms with Gasteiger partial charge < -0.3 is 5.11 Å². The Morgan fingerprint density at radius 3 is 2.57 bits per heavy atom. The third-order valence-corrected chi connectivity index (χ3v) is 6.56. The molecule has 0 amide bonds. The number of nitrogens with zero attached hydrogens (tertiary/aromatic N) is 2. The van der Waals surface area contributed by atoms with Gasteiger partial charge in [-0.05, 0) is 41.0 Å². The smallest absolute Gasteiger partial charge is 0.142 e. The Morgan fingerprint density at radius 1 is 0.867 bits per heavy atom. The highest BCUT2D eigenvalue weighted by atomic mass is 16.3. The molecule has 0 fully saturated rings. The standard InChI is InChI=1S/C26H21BN2O/c1-26(2)21-6-4-3-5-17(21)19-11-12-28-25(24(19)26)29-22-10-7-15(27)13-20(22)18-9-8-16(30)14-23(18)29/h3-14,30H,27H2,1-2H3. The lowest BCUT2D eigenvalue weighted by atomic mass is 9.82. The van der Waals surface area contributed by atoms with Gasteiger partial charge in [0.1, 0.15) is 19.4 Å². The monoisotopic (exact) mass is 388 g/mol. The van der Waals surface area contributed by atoms with Crippen LogP contribution in [0.15, 0.2) is 72.9 Å². The fraction of sp³-hybridized carbons (Fsp3) is 0.115. The van der Waals surface area contributed by atoms with Crippen LogP contribution in [0, 0.1) is 0 Å². The Morgan fingerprint density at radius 2 is 1.70 bits per heavy atom. The van der Waals surface area contributed by atoms with Gasteiger partial charge in [0.05, 0.1) is 11.0 Å². The Balaban J connectivity index is 1.79. The van der Waals surface area contributed by atoms with Crippen molar-refractivity contribution in [1.29, 1.82) is 0 Å². The predicted octanol–water partition coefficient (Wildman–Crippen LogP) is 4.45. The second-order valence-corrected chi connectivity index (χ2v) is 8.79. The fourth-order valence-electron chi connectivity index (χ4n) is 5.21. The van der Waals surface area contributed by atoms with E-state index in [4.69, 9.17) is 4.98 Å². The van der Waals surface area contributed by atoms with Crippen LogP contribution >= 0.6 is 0 Å². The van der Waals surface area contributed by atoms with Crippen LogP contribution in [0.1, 0.15) is 25.0 Å². The zero-order valence-corrected chi connectivity index (χ0v) is 17.3. The fourth-order valence-corrected chi connectivity index (χ4v) is 5.21. The van der Waals surface area contributed by atoms with Crippen molar-refractivity contribution in [2.75, 3.05) is 0 Å².